The average molecular weight is 402 g/mol. The number of nitrogens with zero attached hydrogens (tertiary/aromatic N) is 2. The number of anilines is 1. The van der Waals surface area contributed by atoms with Crippen LogP contribution in [0.15, 0.2) is 29.3 Å². The van der Waals surface area contributed by atoms with E-state index < -0.39 is 0 Å². The Morgan fingerprint density at radius 3 is 2.72 bits per heavy atom. The van der Waals surface area contributed by atoms with Gasteiger partial charge in [0.1, 0.15) is 5.75 Å². The first-order valence-electron chi connectivity index (χ1n) is 10.9. The predicted molar refractivity (Wildman–Crippen MR) is 118 cm³/mol. The minimum atomic E-state index is 0.111. The van der Waals surface area contributed by atoms with E-state index in [1.165, 1.54) is 12.8 Å². The highest BCUT2D eigenvalue weighted by Crippen LogP contribution is 2.30. The summed E-state index contributed by atoms with van der Waals surface area (Å²) in [4.78, 5) is 19.1. The number of carbonyl (C=O) groups is 1. The largest absolute Gasteiger partial charge is 0.495 e. The van der Waals surface area contributed by atoms with Crippen molar-refractivity contribution in [3.8, 4) is 5.75 Å². The fourth-order valence-electron chi connectivity index (χ4n) is 4.14. The second-order valence-corrected chi connectivity index (χ2v) is 7.81. The molecule has 1 heterocycles. The zero-order chi connectivity index (χ0) is 20.5. The molecule has 1 amide bonds. The average Bonchev–Trinajstić information content (AvgIpc) is 3.40. The third-order valence-corrected chi connectivity index (χ3v) is 5.63. The van der Waals surface area contributed by atoms with Crippen LogP contribution in [0.5, 0.6) is 5.75 Å². The normalized spacial score (nSPS) is 20.0. The van der Waals surface area contributed by atoms with Crippen LogP contribution in [0.4, 0.5) is 5.69 Å². The number of ether oxygens (including phenoxy) is 1. The second kappa shape index (κ2) is 10.9. The van der Waals surface area contributed by atoms with Crippen molar-refractivity contribution in [3.05, 3.63) is 24.3 Å². The van der Waals surface area contributed by atoms with Crippen LogP contribution < -0.4 is 25.6 Å². The Bertz CT molecular complexity index is 688. The van der Waals surface area contributed by atoms with E-state index >= 15 is 0 Å². The first kappa shape index (κ1) is 21.3. The van der Waals surface area contributed by atoms with Gasteiger partial charge >= 0.3 is 0 Å². The summed E-state index contributed by atoms with van der Waals surface area (Å²) in [7, 11) is 1.71. The van der Waals surface area contributed by atoms with Gasteiger partial charge in [-0.25, -0.2) is 0 Å². The monoisotopic (exact) mass is 401 g/mol. The molecular weight excluding hydrogens is 366 g/mol. The molecule has 7 heteroatoms. The Morgan fingerprint density at radius 2 is 1.97 bits per heavy atom. The summed E-state index contributed by atoms with van der Waals surface area (Å²) in [6, 6.07) is 8.82. The van der Waals surface area contributed by atoms with Crippen LogP contribution in [0.2, 0.25) is 0 Å². The fourth-order valence-corrected chi connectivity index (χ4v) is 4.14. The third-order valence-electron chi connectivity index (χ3n) is 5.63. The maximum atomic E-state index is 12.1. The molecule has 1 aliphatic heterocycles. The highest BCUT2D eigenvalue weighted by Gasteiger charge is 2.25. The molecule has 1 aromatic carbocycles. The van der Waals surface area contributed by atoms with Gasteiger partial charge in [-0.3, -0.25) is 9.79 Å². The molecule has 0 radical (unpaired) electrons. The van der Waals surface area contributed by atoms with Crippen molar-refractivity contribution in [1.82, 2.24) is 16.0 Å². The third kappa shape index (κ3) is 6.27. The Morgan fingerprint density at radius 1 is 1.17 bits per heavy atom. The summed E-state index contributed by atoms with van der Waals surface area (Å²) < 4.78 is 5.50. The van der Waals surface area contributed by atoms with Crippen molar-refractivity contribution < 1.29 is 9.53 Å². The lowest BCUT2D eigenvalue weighted by molar-refractivity contribution is -0.121. The molecule has 3 N–H and O–H groups in total. The van der Waals surface area contributed by atoms with Gasteiger partial charge < -0.3 is 25.6 Å². The molecule has 0 bridgehead atoms. The number of para-hydroxylation sites is 2. The standard InChI is InChI=1S/C22H35N5O2/c1-3-23-22(24-14-12-21(28)25-17-8-4-5-9-17)26-18-13-15-27(16-18)19-10-6-7-11-20(19)29-2/h6-7,10-11,17-18H,3-5,8-9,12-16H2,1-2H3,(H,25,28)(H2,23,24,26). The Labute approximate surface area is 174 Å². The predicted octanol–water partition coefficient (Wildman–Crippen LogP) is 2.28. The molecule has 1 unspecified atom stereocenters. The van der Waals surface area contributed by atoms with Gasteiger partial charge in [-0.2, -0.15) is 0 Å². The van der Waals surface area contributed by atoms with Crippen molar-refractivity contribution in [2.24, 2.45) is 4.99 Å². The number of hydrogen-bond donors (Lipinski definition) is 3. The number of benzene rings is 1. The van der Waals surface area contributed by atoms with Gasteiger partial charge in [0.2, 0.25) is 5.91 Å². The van der Waals surface area contributed by atoms with Crippen LogP contribution in [0, 0.1) is 0 Å². The highest BCUT2D eigenvalue weighted by molar-refractivity contribution is 5.81. The summed E-state index contributed by atoms with van der Waals surface area (Å²) in [5, 5.41) is 9.95. The minimum absolute atomic E-state index is 0.111. The quantitative estimate of drug-likeness (QED) is 0.460. The maximum absolute atomic E-state index is 12.1. The van der Waals surface area contributed by atoms with E-state index in [0.29, 0.717) is 25.0 Å². The SMILES string of the molecule is CCNC(=NCCC(=O)NC1CCCC1)NC1CCN(c2ccccc2OC)C1. The van der Waals surface area contributed by atoms with Crippen LogP contribution in [0.1, 0.15) is 45.4 Å². The zero-order valence-electron chi connectivity index (χ0n) is 17.7. The molecule has 1 aliphatic carbocycles. The Kier molecular flexibility index (Phi) is 8.02. The van der Waals surface area contributed by atoms with Crippen molar-refractivity contribution >= 4 is 17.6 Å². The molecule has 1 saturated heterocycles. The molecule has 2 aliphatic rings. The van der Waals surface area contributed by atoms with E-state index in [1.807, 2.05) is 18.2 Å². The maximum Gasteiger partial charge on any atom is 0.222 e. The number of aliphatic imine (C=N–C) groups is 1. The van der Waals surface area contributed by atoms with Gasteiger partial charge in [0, 0.05) is 38.1 Å². The molecule has 3 rings (SSSR count). The summed E-state index contributed by atoms with van der Waals surface area (Å²) >= 11 is 0. The molecule has 29 heavy (non-hydrogen) atoms. The summed E-state index contributed by atoms with van der Waals surface area (Å²) in [5.41, 5.74) is 1.13. The lowest BCUT2D eigenvalue weighted by Crippen LogP contribution is -2.44. The lowest BCUT2D eigenvalue weighted by atomic mass is 10.2. The molecule has 1 aromatic rings. The number of amides is 1. The van der Waals surface area contributed by atoms with Crippen LogP contribution in [0.25, 0.3) is 0 Å². The van der Waals surface area contributed by atoms with Crippen LogP contribution >= 0.6 is 0 Å². The van der Waals surface area contributed by atoms with Crippen molar-refractivity contribution in [2.45, 2.75) is 57.5 Å². The van der Waals surface area contributed by atoms with E-state index in [1.54, 1.807) is 7.11 Å². The number of nitrogens with one attached hydrogen (secondary N) is 3. The van der Waals surface area contributed by atoms with Gasteiger partial charge in [-0.1, -0.05) is 25.0 Å². The fraction of sp³-hybridized carbons (Fsp3) is 0.636. The van der Waals surface area contributed by atoms with Crippen LogP contribution in [0.3, 0.4) is 0 Å². The molecule has 1 atom stereocenters. The van der Waals surface area contributed by atoms with Gasteiger partial charge in [0.15, 0.2) is 5.96 Å². The van der Waals surface area contributed by atoms with E-state index in [0.717, 1.165) is 56.3 Å². The summed E-state index contributed by atoms with van der Waals surface area (Å²) in [6.45, 7) is 5.22. The van der Waals surface area contributed by atoms with E-state index in [9.17, 15) is 4.79 Å². The van der Waals surface area contributed by atoms with Crippen molar-refractivity contribution in [1.29, 1.82) is 0 Å². The Hall–Kier alpha value is -2.44. The first-order chi connectivity index (χ1) is 14.2. The lowest BCUT2D eigenvalue weighted by Gasteiger charge is -2.22. The number of hydrogen-bond acceptors (Lipinski definition) is 4. The topological polar surface area (TPSA) is 78.0 Å². The Balaban J connectivity index is 1.48. The molecule has 1 saturated carbocycles. The smallest absolute Gasteiger partial charge is 0.222 e. The summed E-state index contributed by atoms with van der Waals surface area (Å²) in [5.74, 6) is 1.80. The number of rotatable bonds is 8. The van der Waals surface area contributed by atoms with E-state index in [-0.39, 0.29) is 5.91 Å². The van der Waals surface area contributed by atoms with Gasteiger partial charge in [-0.15, -0.1) is 0 Å². The molecule has 7 nitrogen and oxygen atoms in total. The van der Waals surface area contributed by atoms with Crippen molar-refractivity contribution in [3.63, 3.8) is 0 Å². The van der Waals surface area contributed by atoms with Crippen LogP contribution in [-0.4, -0.2) is 57.2 Å². The van der Waals surface area contributed by atoms with Crippen LogP contribution in [-0.2, 0) is 4.79 Å². The molecule has 0 aromatic heterocycles. The summed E-state index contributed by atoms with van der Waals surface area (Å²) in [6.07, 6.45) is 6.15. The van der Waals surface area contributed by atoms with E-state index in [2.05, 4.69) is 38.8 Å². The second-order valence-electron chi connectivity index (χ2n) is 7.81. The molecule has 2 fully saturated rings. The number of carbonyl (C=O) groups excluding carboxylic acids is 1. The molecular formula is C22H35N5O2. The number of guanidine groups is 1. The minimum Gasteiger partial charge on any atom is -0.495 e. The molecule has 160 valence electrons. The van der Waals surface area contributed by atoms with Crippen molar-refractivity contribution in [2.75, 3.05) is 38.2 Å². The van der Waals surface area contributed by atoms with Gasteiger partial charge in [0.25, 0.3) is 0 Å². The van der Waals surface area contributed by atoms with E-state index in [4.69, 9.17) is 4.74 Å². The highest BCUT2D eigenvalue weighted by atomic mass is 16.5. The number of methoxy groups -OCH3 is 1. The zero-order valence-corrected chi connectivity index (χ0v) is 17.7. The van der Waals surface area contributed by atoms with Gasteiger partial charge in [-0.05, 0) is 38.3 Å². The first-order valence-corrected chi connectivity index (χ1v) is 10.9. The molecule has 0 spiro atoms. The van der Waals surface area contributed by atoms with Gasteiger partial charge in [0.05, 0.1) is 19.3 Å².